The van der Waals surface area contributed by atoms with Crippen LogP contribution in [0.2, 0.25) is 0 Å². The molecule has 3 heteroatoms. The predicted molar refractivity (Wildman–Crippen MR) is 84.0 cm³/mol. The van der Waals surface area contributed by atoms with Crippen molar-refractivity contribution in [2.45, 2.75) is 58.9 Å². The predicted octanol–water partition coefficient (Wildman–Crippen LogP) is 3.36. The van der Waals surface area contributed by atoms with Gasteiger partial charge in [-0.1, -0.05) is 20.8 Å². The van der Waals surface area contributed by atoms with E-state index < -0.39 is 0 Å². The molecule has 20 heavy (non-hydrogen) atoms. The largest absolute Gasteiger partial charge is 0.398 e. The van der Waals surface area contributed by atoms with Gasteiger partial charge in [-0.15, -0.1) is 0 Å². The summed E-state index contributed by atoms with van der Waals surface area (Å²) in [5, 5.41) is 0. The number of hydrogen-bond acceptors (Lipinski definition) is 2. The molecule has 1 amide bonds. The Hall–Kier alpha value is -1.51. The molecule has 0 spiro atoms. The highest BCUT2D eigenvalue weighted by molar-refractivity contribution is 5.98. The Morgan fingerprint density at radius 2 is 1.70 bits per heavy atom. The van der Waals surface area contributed by atoms with Gasteiger partial charge in [0.2, 0.25) is 0 Å². The molecule has 0 saturated carbocycles. The van der Waals surface area contributed by atoms with Crippen LogP contribution in [0, 0.1) is 0 Å². The van der Waals surface area contributed by atoms with Crippen LogP contribution in [0.3, 0.4) is 0 Å². The smallest absolute Gasteiger partial charge is 0.254 e. The van der Waals surface area contributed by atoms with E-state index in [0.29, 0.717) is 0 Å². The Kier molecular flexibility index (Phi) is 3.35. The Bertz CT molecular complexity index is 547. The summed E-state index contributed by atoms with van der Waals surface area (Å²) in [5.41, 5.74) is 9.74. The van der Waals surface area contributed by atoms with Crippen LogP contribution >= 0.6 is 0 Å². The molecular formula is C17H26N2O. The van der Waals surface area contributed by atoms with Crippen LogP contribution < -0.4 is 5.73 Å². The number of nitrogens with two attached hydrogens (primary N) is 1. The van der Waals surface area contributed by atoms with Crippen molar-refractivity contribution in [3.63, 3.8) is 0 Å². The van der Waals surface area contributed by atoms with Gasteiger partial charge in [0.05, 0.1) is 0 Å². The van der Waals surface area contributed by atoms with Crippen LogP contribution in [0.15, 0.2) is 12.1 Å². The topological polar surface area (TPSA) is 46.3 Å². The first kappa shape index (κ1) is 14.9. The number of nitrogen functional groups attached to an aromatic ring is 1. The van der Waals surface area contributed by atoms with Crippen molar-refractivity contribution >= 4 is 11.6 Å². The second-order valence-corrected chi connectivity index (χ2v) is 7.72. The van der Waals surface area contributed by atoms with Gasteiger partial charge in [0.15, 0.2) is 0 Å². The molecule has 110 valence electrons. The molecule has 3 nitrogen and oxygen atoms in total. The lowest BCUT2D eigenvalue weighted by molar-refractivity contribution is 0.0562. The minimum atomic E-state index is -0.141. The Morgan fingerprint density at radius 3 is 2.20 bits per heavy atom. The first-order valence-corrected chi connectivity index (χ1v) is 7.26. The molecule has 0 radical (unpaired) electrons. The Morgan fingerprint density at radius 1 is 1.10 bits per heavy atom. The second kappa shape index (κ2) is 4.51. The van der Waals surface area contributed by atoms with Crippen LogP contribution in [-0.4, -0.2) is 22.9 Å². The normalized spacial score (nSPS) is 16.3. The summed E-state index contributed by atoms with van der Waals surface area (Å²) >= 11 is 0. The van der Waals surface area contributed by atoms with Crippen molar-refractivity contribution in [1.29, 1.82) is 0 Å². The third-order valence-corrected chi connectivity index (χ3v) is 3.97. The van der Waals surface area contributed by atoms with Crippen LogP contribution in [0.25, 0.3) is 0 Å². The number of amides is 1. The van der Waals surface area contributed by atoms with Crippen LogP contribution in [0.4, 0.5) is 5.69 Å². The molecular weight excluding hydrogens is 248 g/mol. The molecule has 0 aromatic heterocycles. The summed E-state index contributed by atoms with van der Waals surface area (Å²) in [6, 6.07) is 4.00. The minimum Gasteiger partial charge on any atom is -0.398 e. The molecule has 0 saturated heterocycles. The molecule has 1 aliphatic heterocycles. The number of anilines is 1. The van der Waals surface area contributed by atoms with Gasteiger partial charge in [-0.2, -0.15) is 0 Å². The first-order valence-electron chi connectivity index (χ1n) is 7.26. The molecule has 1 aliphatic rings. The van der Waals surface area contributed by atoms with E-state index in [2.05, 4.69) is 41.5 Å². The number of rotatable bonds is 0. The molecule has 2 rings (SSSR count). The molecule has 0 fully saturated rings. The van der Waals surface area contributed by atoms with E-state index in [0.717, 1.165) is 35.3 Å². The molecule has 1 aromatic rings. The molecule has 0 aliphatic carbocycles. The SMILES string of the molecule is CC(C)(C)c1cc2c(cc1N)CCN(C(C)(C)C)C2=O. The molecule has 0 atom stereocenters. The van der Waals surface area contributed by atoms with Gasteiger partial charge >= 0.3 is 0 Å². The molecule has 1 heterocycles. The van der Waals surface area contributed by atoms with Gasteiger partial charge < -0.3 is 10.6 Å². The zero-order valence-electron chi connectivity index (χ0n) is 13.5. The fourth-order valence-electron chi connectivity index (χ4n) is 2.84. The molecule has 0 unspecified atom stereocenters. The van der Waals surface area contributed by atoms with E-state index in [1.807, 2.05) is 17.0 Å². The Balaban J connectivity index is 2.53. The molecule has 2 N–H and O–H groups in total. The van der Waals surface area contributed by atoms with Crippen molar-refractivity contribution < 1.29 is 4.79 Å². The third-order valence-electron chi connectivity index (χ3n) is 3.97. The van der Waals surface area contributed by atoms with Crippen molar-refractivity contribution in [3.05, 3.63) is 28.8 Å². The maximum atomic E-state index is 12.7. The fraction of sp³-hybridized carbons (Fsp3) is 0.588. The van der Waals surface area contributed by atoms with Crippen molar-refractivity contribution in [1.82, 2.24) is 4.90 Å². The van der Waals surface area contributed by atoms with Gasteiger partial charge in [-0.25, -0.2) is 0 Å². The zero-order valence-corrected chi connectivity index (χ0v) is 13.5. The molecule has 1 aromatic carbocycles. The van der Waals surface area contributed by atoms with Crippen LogP contribution in [-0.2, 0) is 11.8 Å². The maximum absolute atomic E-state index is 12.7. The minimum absolute atomic E-state index is 0.0522. The summed E-state index contributed by atoms with van der Waals surface area (Å²) < 4.78 is 0. The highest BCUT2D eigenvalue weighted by Gasteiger charge is 2.33. The highest BCUT2D eigenvalue weighted by atomic mass is 16.2. The van der Waals surface area contributed by atoms with Gasteiger partial charge in [-0.3, -0.25) is 4.79 Å². The number of carbonyl (C=O) groups excluding carboxylic acids is 1. The fourth-order valence-corrected chi connectivity index (χ4v) is 2.84. The number of carbonyl (C=O) groups is 1. The average molecular weight is 274 g/mol. The van der Waals surface area contributed by atoms with E-state index in [1.165, 1.54) is 0 Å². The van der Waals surface area contributed by atoms with Gasteiger partial charge in [0, 0.05) is 23.3 Å². The monoisotopic (exact) mass is 274 g/mol. The summed E-state index contributed by atoms with van der Waals surface area (Å²) in [6.07, 6.45) is 0.882. The van der Waals surface area contributed by atoms with Crippen molar-refractivity contribution in [3.8, 4) is 0 Å². The maximum Gasteiger partial charge on any atom is 0.254 e. The van der Waals surface area contributed by atoms with E-state index in [1.54, 1.807) is 0 Å². The van der Waals surface area contributed by atoms with Gasteiger partial charge in [-0.05, 0) is 55.9 Å². The number of fused-ring (bicyclic) bond motifs is 1. The summed E-state index contributed by atoms with van der Waals surface area (Å²) in [6.45, 7) is 13.4. The van der Waals surface area contributed by atoms with Gasteiger partial charge in [0.25, 0.3) is 5.91 Å². The average Bonchev–Trinajstić information content (AvgIpc) is 2.25. The lowest BCUT2D eigenvalue weighted by Gasteiger charge is -2.39. The summed E-state index contributed by atoms with van der Waals surface area (Å²) in [7, 11) is 0. The second-order valence-electron chi connectivity index (χ2n) is 7.72. The van der Waals surface area contributed by atoms with Gasteiger partial charge in [0.1, 0.15) is 0 Å². The lowest BCUT2D eigenvalue weighted by atomic mass is 9.82. The summed E-state index contributed by atoms with van der Waals surface area (Å²) in [5.74, 6) is 0.129. The molecule has 0 bridgehead atoms. The van der Waals surface area contributed by atoms with E-state index >= 15 is 0 Å². The van der Waals surface area contributed by atoms with Crippen LogP contribution in [0.1, 0.15) is 63.0 Å². The first-order chi connectivity index (χ1) is 9.01. The lowest BCUT2D eigenvalue weighted by Crippen LogP contribution is -2.49. The van der Waals surface area contributed by atoms with E-state index in [-0.39, 0.29) is 16.9 Å². The van der Waals surface area contributed by atoms with E-state index in [9.17, 15) is 4.79 Å². The number of hydrogen-bond donors (Lipinski definition) is 1. The Labute approximate surface area is 122 Å². The van der Waals surface area contributed by atoms with Crippen molar-refractivity contribution in [2.75, 3.05) is 12.3 Å². The van der Waals surface area contributed by atoms with E-state index in [4.69, 9.17) is 5.73 Å². The quantitative estimate of drug-likeness (QED) is 0.737. The summed E-state index contributed by atoms with van der Waals surface area (Å²) in [4.78, 5) is 14.7. The standard InChI is InChI=1S/C17H26N2O/c1-16(2,3)13-10-12-11(9-14(13)18)7-8-19(15(12)20)17(4,5)6/h9-10H,7-8,18H2,1-6H3. The number of benzene rings is 1. The zero-order chi connectivity index (χ0) is 15.3. The third kappa shape index (κ3) is 2.54. The highest BCUT2D eigenvalue weighted by Crippen LogP contribution is 2.33. The van der Waals surface area contributed by atoms with Crippen LogP contribution in [0.5, 0.6) is 0 Å². The number of nitrogens with zero attached hydrogens (tertiary/aromatic N) is 1. The van der Waals surface area contributed by atoms with Crippen molar-refractivity contribution in [2.24, 2.45) is 0 Å².